The summed E-state index contributed by atoms with van der Waals surface area (Å²) in [7, 11) is -3.74. The van der Waals surface area contributed by atoms with E-state index in [1.165, 1.54) is 16.4 Å². The molecule has 4 rings (SSSR count). The Morgan fingerprint density at radius 1 is 1.18 bits per heavy atom. The summed E-state index contributed by atoms with van der Waals surface area (Å²) in [5, 5.41) is 4.71. The highest BCUT2D eigenvalue weighted by molar-refractivity contribution is 7.89. The van der Waals surface area contributed by atoms with Crippen molar-refractivity contribution >= 4 is 15.5 Å². The highest BCUT2D eigenvalue weighted by Crippen LogP contribution is 2.32. The number of ether oxygens (including phenoxy) is 2. The number of hydrogen-bond donors (Lipinski definition) is 1. The molecule has 0 aliphatic carbocycles. The second kappa shape index (κ2) is 9.85. The fourth-order valence-electron chi connectivity index (χ4n) is 4.30. The van der Waals surface area contributed by atoms with Gasteiger partial charge in [-0.3, -0.25) is 4.79 Å². The molecule has 0 spiro atoms. The zero-order chi connectivity index (χ0) is 24.5. The van der Waals surface area contributed by atoms with Crippen LogP contribution < -0.4 is 10.3 Å². The summed E-state index contributed by atoms with van der Waals surface area (Å²) in [6.45, 7) is 9.44. The standard InChI is InChI=1S/C23H31N5O5S/c1-5-16(6-2)22-24-15(4)20-23(29)25-21(26-28(20)22)18-14-17(8-9-19(18)33-7-3)34(30,31)27-10-12-32-13-11-27/h8-9,14,16H,5-7,10-13H2,1-4H3,(H,25,26,29). The third-order valence-electron chi connectivity index (χ3n) is 6.17. The molecule has 0 saturated carbocycles. The van der Waals surface area contributed by atoms with Crippen LogP contribution in [0.3, 0.4) is 0 Å². The van der Waals surface area contributed by atoms with E-state index in [1.807, 2.05) is 6.92 Å². The van der Waals surface area contributed by atoms with Gasteiger partial charge in [-0.25, -0.2) is 17.9 Å². The lowest BCUT2D eigenvalue weighted by atomic mass is 10.0. The highest BCUT2D eigenvalue weighted by Gasteiger charge is 2.28. The molecule has 1 aliphatic rings. The lowest BCUT2D eigenvalue weighted by Crippen LogP contribution is -2.40. The summed E-state index contributed by atoms with van der Waals surface area (Å²) in [5.41, 5.74) is 1.06. The smallest absolute Gasteiger partial charge is 0.277 e. The van der Waals surface area contributed by atoms with Gasteiger partial charge in [0.05, 0.1) is 36.0 Å². The molecule has 3 heterocycles. The summed E-state index contributed by atoms with van der Waals surface area (Å²) < 4.78 is 40.6. The minimum absolute atomic E-state index is 0.109. The molecule has 1 saturated heterocycles. The number of aryl methyl sites for hydroxylation is 1. The number of imidazole rings is 1. The Balaban J connectivity index is 1.90. The van der Waals surface area contributed by atoms with E-state index in [0.29, 0.717) is 55.4 Å². The van der Waals surface area contributed by atoms with Gasteiger partial charge in [-0.1, -0.05) is 13.8 Å². The second-order valence-electron chi connectivity index (χ2n) is 8.24. The minimum atomic E-state index is -3.74. The van der Waals surface area contributed by atoms with Crippen molar-refractivity contribution in [3.63, 3.8) is 0 Å². The number of sulfonamides is 1. The quantitative estimate of drug-likeness (QED) is 0.517. The molecule has 0 radical (unpaired) electrons. The SMILES string of the molecule is CCOc1ccc(S(=O)(=O)N2CCOCC2)cc1-c1nn2c(C(CC)CC)nc(C)c2c(=O)[nH]1. The molecule has 0 unspecified atom stereocenters. The summed E-state index contributed by atoms with van der Waals surface area (Å²) in [4.78, 5) is 20.6. The number of H-pyrrole nitrogens is 1. The van der Waals surface area contributed by atoms with Gasteiger partial charge in [0.1, 0.15) is 11.6 Å². The molecular formula is C23H31N5O5S. The monoisotopic (exact) mass is 489 g/mol. The molecule has 10 nitrogen and oxygen atoms in total. The molecule has 1 aliphatic heterocycles. The Labute approximate surface area is 199 Å². The molecule has 34 heavy (non-hydrogen) atoms. The van der Waals surface area contributed by atoms with Gasteiger partial charge in [0.2, 0.25) is 10.0 Å². The summed E-state index contributed by atoms with van der Waals surface area (Å²) >= 11 is 0. The van der Waals surface area contributed by atoms with Gasteiger partial charge >= 0.3 is 0 Å². The van der Waals surface area contributed by atoms with E-state index >= 15 is 0 Å². The minimum Gasteiger partial charge on any atom is -0.493 e. The molecule has 3 aromatic rings. The van der Waals surface area contributed by atoms with Crippen LogP contribution in [0.25, 0.3) is 16.9 Å². The third kappa shape index (κ3) is 4.35. The molecule has 11 heteroatoms. The first-order chi connectivity index (χ1) is 16.3. The van der Waals surface area contributed by atoms with Gasteiger partial charge in [-0.05, 0) is 44.9 Å². The Bertz CT molecular complexity index is 1340. The fraction of sp³-hybridized carbons (Fsp3) is 0.522. The molecule has 0 amide bonds. The van der Waals surface area contributed by atoms with Crippen LogP contribution in [0.1, 0.15) is 51.0 Å². The molecular weight excluding hydrogens is 458 g/mol. The first-order valence-corrected chi connectivity index (χ1v) is 13.1. The van der Waals surface area contributed by atoms with Crippen LogP contribution in [0.5, 0.6) is 5.75 Å². The van der Waals surface area contributed by atoms with Crippen molar-refractivity contribution in [1.82, 2.24) is 23.9 Å². The first kappa shape index (κ1) is 24.4. The van der Waals surface area contributed by atoms with E-state index in [1.54, 1.807) is 17.5 Å². The van der Waals surface area contributed by atoms with Crippen LogP contribution >= 0.6 is 0 Å². The van der Waals surface area contributed by atoms with Crippen molar-refractivity contribution in [2.75, 3.05) is 32.9 Å². The Kier molecular flexibility index (Phi) is 7.06. The van der Waals surface area contributed by atoms with Crippen molar-refractivity contribution < 1.29 is 17.9 Å². The van der Waals surface area contributed by atoms with Crippen LogP contribution in [-0.2, 0) is 14.8 Å². The van der Waals surface area contributed by atoms with E-state index < -0.39 is 10.0 Å². The van der Waals surface area contributed by atoms with Gasteiger partial charge in [-0.2, -0.15) is 4.31 Å². The molecule has 1 N–H and O–H groups in total. The van der Waals surface area contributed by atoms with Gasteiger partial charge in [0.25, 0.3) is 5.56 Å². The zero-order valence-corrected chi connectivity index (χ0v) is 20.8. The summed E-state index contributed by atoms with van der Waals surface area (Å²) in [6.07, 6.45) is 1.71. The van der Waals surface area contributed by atoms with Crippen molar-refractivity contribution in [3.8, 4) is 17.1 Å². The van der Waals surface area contributed by atoms with E-state index in [2.05, 4.69) is 23.8 Å². The Morgan fingerprint density at radius 3 is 2.53 bits per heavy atom. The number of morpholine rings is 1. The number of nitrogens with one attached hydrogen (secondary N) is 1. The normalized spacial score (nSPS) is 15.3. The fourth-order valence-corrected chi connectivity index (χ4v) is 5.74. The molecule has 0 atom stereocenters. The van der Waals surface area contributed by atoms with E-state index in [4.69, 9.17) is 14.6 Å². The predicted molar refractivity (Wildman–Crippen MR) is 128 cm³/mol. The highest BCUT2D eigenvalue weighted by atomic mass is 32.2. The maximum absolute atomic E-state index is 13.3. The number of aromatic amines is 1. The van der Waals surface area contributed by atoms with Crippen LogP contribution in [0.4, 0.5) is 0 Å². The first-order valence-electron chi connectivity index (χ1n) is 11.7. The van der Waals surface area contributed by atoms with Crippen molar-refractivity contribution in [1.29, 1.82) is 0 Å². The third-order valence-corrected chi connectivity index (χ3v) is 8.06. The van der Waals surface area contributed by atoms with Crippen LogP contribution in [0.15, 0.2) is 27.9 Å². The zero-order valence-electron chi connectivity index (χ0n) is 20.0. The van der Waals surface area contributed by atoms with E-state index in [9.17, 15) is 13.2 Å². The molecule has 184 valence electrons. The van der Waals surface area contributed by atoms with Gasteiger partial charge in [-0.15, -0.1) is 5.10 Å². The molecule has 1 aromatic carbocycles. The number of benzene rings is 1. The van der Waals surface area contributed by atoms with E-state index in [-0.39, 0.29) is 22.2 Å². The number of rotatable bonds is 8. The molecule has 1 fully saturated rings. The van der Waals surface area contributed by atoms with Crippen molar-refractivity contribution in [2.45, 2.75) is 51.3 Å². The van der Waals surface area contributed by atoms with Crippen LogP contribution in [0, 0.1) is 6.92 Å². The Morgan fingerprint density at radius 2 is 1.88 bits per heavy atom. The number of fused-ring (bicyclic) bond motifs is 1. The van der Waals surface area contributed by atoms with Gasteiger partial charge in [0, 0.05) is 19.0 Å². The van der Waals surface area contributed by atoms with Crippen molar-refractivity contribution in [3.05, 3.63) is 40.1 Å². The lowest BCUT2D eigenvalue weighted by molar-refractivity contribution is 0.0730. The molecule has 2 aromatic heterocycles. The summed E-state index contributed by atoms with van der Waals surface area (Å²) in [5.74, 6) is 1.53. The van der Waals surface area contributed by atoms with Crippen molar-refractivity contribution in [2.24, 2.45) is 0 Å². The number of aromatic nitrogens is 4. The van der Waals surface area contributed by atoms with Crippen LogP contribution in [-0.4, -0.2) is 65.2 Å². The van der Waals surface area contributed by atoms with Gasteiger partial charge in [0.15, 0.2) is 11.3 Å². The topological polar surface area (TPSA) is 119 Å². The average Bonchev–Trinajstić information content (AvgIpc) is 3.17. The van der Waals surface area contributed by atoms with E-state index in [0.717, 1.165) is 18.7 Å². The average molecular weight is 490 g/mol. The second-order valence-corrected chi connectivity index (χ2v) is 10.2. The largest absolute Gasteiger partial charge is 0.493 e. The predicted octanol–water partition coefficient (Wildman–Crippen LogP) is 2.72. The lowest BCUT2D eigenvalue weighted by Gasteiger charge is -2.26. The maximum atomic E-state index is 13.3. The summed E-state index contributed by atoms with van der Waals surface area (Å²) in [6, 6.07) is 4.64. The number of hydrogen-bond acceptors (Lipinski definition) is 7. The van der Waals surface area contributed by atoms with Crippen LogP contribution in [0.2, 0.25) is 0 Å². The molecule has 0 bridgehead atoms. The number of nitrogens with zero attached hydrogens (tertiary/aromatic N) is 4. The Hall–Kier alpha value is -2.76. The maximum Gasteiger partial charge on any atom is 0.277 e. The van der Waals surface area contributed by atoms with Gasteiger partial charge < -0.3 is 14.5 Å².